The summed E-state index contributed by atoms with van der Waals surface area (Å²) >= 11 is 3.95. The van der Waals surface area contributed by atoms with Gasteiger partial charge in [0.05, 0.1) is 0 Å². The van der Waals surface area contributed by atoms with Crippen LogP contribution in [0.3, 0.4) is 0 Å². The van der Waals surface area contributed by atoms with Crippen molar-refractivity contribution < 1.29 is 31.1 Å². The molecule has 0 aliphatic carbocycles. The average molecular weight is 335 g/mol. The molecule has 0 unspecified atom stereocenters. The van der Waals surface area contributed by atoms with E-state index < -0.39 is 29.0 Å². The molecule has 0 saturated heterocycles. The normalized spacial score (nSPS) is 13.2. The number of aryl methyl sites for hydroxylation is 2. The van der Waals surface area contributed by atoms with Gasteiger partial charge < -0.3 is 5.32 Å². The molecule has 10 heteroatoms. The lowest BCUT2D eigenvalue weighted by Crippen LogP contribution is -2.57. The first kappa shape index (κ1) is 17.5. The molecule has 3 nitrogen and oxygen atoms in total. The number of alkyl halides is 7. The second-order valence-corrected chi connectivity index (χ2v) is 4.75. The van der Waals surface area contributed by atoms with Crippen molar-refractivity contribution in [3.8, 4) is 0 Å². The summed E-state index contributed by atoms with van der Waals surface area (Å²) in [7, 11) is 0. The van der Waals surface area contributed by atoms with E-state index in [4.69, 9.17) is 0 Å². The van der Waals surface area contributed by atoms with Crippen molar-refractivity contribution in [1.82, 2.24) is 4.98 Å². The molecular formula is C11H9ClF6N2O. The summed E-state index contributed by atoms with van der Waals surface area (Å²) in [5.41, 5.74) is 0.804. The SMILES string of the molecule is Cc1cc(C)nc(NC(=O)C(F)(F)C(F)(F)C(F)(F)Cl)c1. The number of aromatic nitrogens is 1. The van der Waals surface area contributed by atoms with E-state index in [-0.39, 0.29) is 0 Å². The number of carbonyl (C=O) groups excluding carboxylic acids is 1. The molecule has 1 N–H and O–H groups in total. The number of anilines is 1. The van der Waals surface area contributed by atoms with Gasteiger partial charge in [-0.2, -0.15) is 26.3 Å². The number of carbonyl (C=O) groups is 1. The molecule has 1 rings (SSSR count). The van der Waals surface area contributed by atoms with Crippen LogP contribution in [0.1, 0.15) is 11.3 Å². The van der Waals surface area contributed by atoms with Crippen molar-refractivity contribution in [1.29, 1.82) is 0 Å². The molecule has 1 heterocycles. The molecule has 21 heavy (non-hydrogen) atoms. The van der Waals surface area contributed by atoms with Gasteiger partial charge >= 0.3 is 23.1 Å². The number of nitrogens with one attached hydrogen (secondary N) is 1. The fraction of sp³-hybridized carbons (Fsp3) is 0.455. The Kier molecular flexibility index (Phi) is 4.48. The zero-order chi connectivity index (χ0) is 16.6. The molecular weight excluding hydrogens is 326 g/mol. The molecule has 0 spiro atoms. The smallest absolute Gasteiger partial charge is 0.305 e. The van der Waals surface area contributed by atoms with Crippen molar-refractivity contribution >= 4 is 23.3 Å². The van der Waals surface area contributed by atoms with Crippen molar-refractivity contribution in [2.75, 3.05) is 5.32 Å². The van der Waals surface area contributed by atoms with Gasteiger partial charge in [-0.05, 0) is 43.1 Å². The van der Waals surface area contributed by atoms with Crippen LogP contribution in [0.5, 0.6) is 0 Å². The third kappa shape index (κ3) is 3.39. The fourth-order valence-corrected chi connectivity index (χ4v) is 1.54. The molecule has 0 aliphatic rings. The first-order valence-corrected chi connectivity index (χ1v) is 5.76. The Morgan fingerprint density at radius 2 is 1.67 bits per heavy atom. The molecule has 0 aliphatic heterocycles. The third-order valence-corrected chi connectivity index (χ3v) is 2.61. The number of hydrogen-bond donors (Lipinski definition) is 1. The largest absolute Gasteiger partial charge is 0.395 e. The van der Waals surface area contributed by atoms with Crippen molar-refractivity contribution in [2.24, 2.45) is 0 Å². The van der Waals surface area contributed by atoms with E-state index in [0.29, 0.717) is 11.3 Å². The van der Waals surface area contributed by atoms with Gasteiger partial charge in [0.25, 0.3) is 0 Å². The molecule has 0 fully saturated rings. The molecule has 0 atom stereocenters. The van der Waals surface area contributed by atoms with Crippen LogP contribution in [0.2, 0.25) is 0 Å². The predicted molar refractivity (Wildman–Crippen MR) is 63.0 cm³/mol. The van der Waals surface area contributed by atoms with Crippen molar-refractivity contribution in [3.05, 3.63) is 23.4 Å². The second-order valence-electron chi connectivity index (χ2n) is 4.27. The highest BCUT2D eigenvalue weighted by Gasteiger charge is 2.74. The van der Waals surface area contributed by atoms with E-state index in [1.54, 1.807) is 0 Å². The first-order valence-electron chi connectivity index (χ1n) is 5.38. The summed E-state index contributed by atoms with van der Waals surface area (Å²) in [6.45, 7) is 2.99. The Labute approximate surface area is 120 Å². The minimum atomic E-state index is -6.06. The van der Waals surface area contributed by atoms with E-state index in [1.807, 2.05) is 0 Å². The van der Waals surface area contributed by atoms with Crippen LogP contribution >= 0.6 is 11.6 Å². The summed E-state index contributed by atoms with van der Waals surface area (Å²) < 4.78 is 77.0. The summed E-state index contributed by atoms with van der Waals surface area (Å²) in [5, 5.41) is -4.22. The zero-order valence-corrected chi connectivity index (χ0v) is 11.4. The van der Waals surface area contributed by atoms with Crippen LogP contribution in [0.25, 0.3) is 0 Å². The van der Waals surface area contributed by atoms with Crippen LogP contribution in [-0.4, -0.2) is 28.1 Å². The average Bonchev–Trinajstić information content (AvgIpc) is 2.25. The molecule has 118 valence electrons. The van der Waals surface area contributed by atoms with Crippen LogP contribution in [-0.2, 0) is 4.79 Å². The van der Waals surface area contributed by atoms with Gasteiger partial charge in [-0.15, -0.1) is 0 Å². The molecule has 0 radical (unpaired) electrons. The number of pyridine rings is 1. The Balaban J connectivity index is 3.07. The van der Waals surface area contributed by atoms with Gasteiger partial charge in [0.1, 0.15) is 5.82 Å². The van der Waals surface area contributed by atoms with E-state index in [9.17, 15) is 31.1 Å². The van der Waals surface area contributed by atoms with E-state index in [0.717, 1.165) is 6.07 Å². The third-order valence-electron chi connectivity index (χ3n) is 2.37. The molecule has 1 amide bonds. The molecule has 1 aromatic rings. The number of hydrogen-bond acceptors (Lipinski definition) is 2. The lowest BCUT2D eigenvalue weighted by atomic mass is 10.1. The van der Waals surface area contributed by atoms with Gasteiger partial charge in [0.15, 0.2) is 0 Å². The molecule has 0 saturated carbocycles. The van der Waals surface area contributed by atoms with Crippen LogP contribution < -0.4 is 5.32 Å². The molecule has 0 bridgehead atoms. The van der Waals surface area contributed by atoms with E-state index in [2.05, 4.69) is 16.6 Å². The maximum atomic E-state index is 13.2. The van der Waals surface area contributed by atoms with Gasteiger partial charge in [-0.1, -0.05) is 0 Å². The highest BCUT2D eigenvalue weighted by atomic mass is 35.5. The topological polar surface area (TPSA) is 42.0 Å². The number of rotatable bonds is 4. The Morgan fingerprint density at radius 1 is 1.14 bits per heavy atom. The highest BCUT2D eigenvalue weighted by molar-refractivity contribution is 6.22. The van der Waals surface area contributed by atoms with Crippen LogP contribution in [0, 0.1) is 13.8 Å². The Morgan fingerprint density at radius 3 is 2.10 bits per heavy atom. The maximum absolute atomic E-state index is 13.2. The number of halogens is 7. The van der Waals surface area contributed by atoms with Crippen molar-refractivity contribution in [2.45, 2.75) is 31.1 Å². The standard InChI is InChI=1S/C11H9ClF6N2O/c1-5-3-6(2)19-7(4-5)20-8(21)9(13,14)10(15,16)11(12,17)18/h3-4H,1-2H3,(H,19,20,21). The lowest BCUT2D eigenvalue weighted by Gasteiger charge is -2.28. The van der Waals surface area contributed by atoms with Gasteiger partial charge in [0.2, 0.25) is 0 Å². The van der Waals surface area contributed by atoms with Crippen LogP contribution in [0.15, 0.2) is 12.1 Å². The monoisotopic (exact) mass is 334 g/mol. The zero-order valence-electron chi connectivity index (χ0n) is 10.7. The molecule has 0 aromatic carbocycles. The number of nitrogens with zero attached hydrogens (tertiary/aromatic N) is 1. The van der Waals surface area contributed by atoms with Gasteiger partial charge in [-0.3, -0.25) is 4.79 Å². The predicted octanol–water partition coefficient (Wildman–Crippen LogP) is 3.74. The van der Waals surface area contributed by atoms with Crippen LogP contribution in [0.4, 0.5) is 32.2 Å². The quantitative estimate of drug-likeness (QED) is 0.673. The second kappa shape index (κ2) is 5.36. The first-order chi connectivity index (χ1) is 9.29. The Bertz CT molecular complexity index is 538. The summed E-state index contributed by atoms with van der Waals surface area (Å²) in [6, 6.07) is 2.63. The minimum Gasteiger partial charge on any atom is -0.305 e. The summed E-state index contributed by atoms with van der Waals surface area (Å²) in [4.78, 5) is 14.8. The number of amides is 1. The maximum Gasteiger partial charge on any atom is 0.395 e. The lowest BCUT2D eigenvalue weighted by molar-refractivity contribution is -0.266. The minimum absolute atomic E-state index is 0.308. The van der Waals surface area contributed by atoms with E-state index >= 15 is 0 Å². The van der Waals surface area contributed by atoms with E-state index in [1.165, 1.54) is 25.2 Å². The Hall–Kier alpha value is -1.51. The highest BCUT2D eigenvalue weighted by Crippen LogP contribution is 2.48. The van der Waals surface area contributed by atoms with Gasteiger partial charge in [0, 0.05) is 5.69 Å². The molecule has 1 aromatic heterocycles. The summed E-state index contributed by atoms with van der Waals surface area (Å²) in [5.74, 6) is -14.9. The fourth-order valence-electron chi connectivity index (χ4n) is 1.42. The summed E-state index contributed by atoms with van der Waals surface area (Å²) in [6.07, 6.45) is 0. The van der Waals surface area contributed by atoms with Crippen molar-refractivity contribution in [3.63, 3.8) is 0 Å². The van der Waals surface area contributed by atoms with Gasteiger partial charge in [-0.25, -0.2) is 4.98 Å².